The van der Waals surface area contributed by atoms with Crippen LogP contribution in [0.15, 0.2) is 0 Å². The van der Waals surface area contributed by atoms with E-state index in [-0.39, 0.29) is 5.97 Å². The monoisotopic (exact) mass is 408 g/mol. The fourth-order valence-electron chi connectivity index (χ4n) is 4.30. The molecule has 1 aromatic carbocycles. The Kier molecular flexibility index (Phi) is 9.42. The van der Waals surface area contributed by atoms with Gasteiger partial charge in [-0.3, -0.25) is 4.79 Å². The first-order chi connectivity index (χ1) is 14.1. The first-order valence-corrected chi connectivity index (χ1v) is 10.6. The Morgan fingerprint density at radius 3 is 1.62 bits per heavy atom. The van der Waals surface area contributed by atoms with E-state index in [4.69, 9.17) is 23.7 Å². The Bertz CT molecular complexity index is 629. The summed E-state index contributed by atoms with van der Waals surface area (Å²) >= 11 is 0. The number of hydrogen-bond donors (Lipinski definition) is 0. The summed E-state index contributed by atoms with van der Waals surface area (Å²) in [5.41, 5.74) is 2.38. The average Bonchev–Trinajstić information content (AvgIpc) is 3.13. The van der Waals surface area contributed by atoms with Gasteiger partial charge in [-0.1, -0.05) is 32.1 Å². The first kappa shape index (κ1) is 23.2. The van der Waals surface area contributed by atoms with Crippen molar-refractivity contribution < 1.29 is 28.5 Å². The molecule has 29 heavy (non-hydrogen) atoms. The molecule has 0 unspecified atom stereocenters. The molecule has 1 aromatic rings. The van der Waals surface area contributed by atoms with E-state index in [0.717, 1.165) is 37.2 Å². The van der Waals surface area contributed by atoms with Crippen LogP contribution >= 0.6 is 0 Å². The highest BCUT2D eigenvalue weighted by molar-refractivity contribution is 5.68. The van der Waals surface area contributed by atoms with E-state index in [2.05, 4.69) is 0 Å². The number of carbonyl (C=O) groups is 1. The van der Waals surface area contributed by atoms with Crippen LogP contribution < -0.4 is 18.9 Å². The van der Waals surface area contributed by atoms with E-state index >= 15 is 0 Å². The van der Waals surface area contributed by atoms with Crippen LogP contribution in [0.25, 0.3) is 0 Å². The smallest absolute Gasteiger partial charge is 0.302 e. The molecule has 164 valence electrons. The van der Waals surface area contributed by atoms with Gasteiger partial charge >= 0.3 is 5.97 Å². The summed E-state index contributed by atoms with van der Waals surface area (Å²) in [6.45, 7) is 2.00. The van der Waals surface area contributed by atoms with Crippen LogP contribution in [0.3, 0.4) is 0 Å². The number of carbonyl (C=O) groups excluding carboxylic acids is 1. The maximum atomic E-state index is 10.7. The van der Waals surface area contributed by atoms with Gasteiger partial charge in [0.15, 0.2) is 11.5 Å². The lowest BCUT2D eigenvalue weighted by Crippen LogP contribution is -2.02. The molecule has 0 aromatic heterocycles. The largest absolute Gasteiger partial charge is 0.492 e. The number of rotatable bonds is 13. The van der Waals surface area contributed by atoms with Gasteiger partial charge in [-0.2, -0.15) is 0 Å². The van der Waals surface area contributed by atoms with Gasteiger partial charge < -0.3 is 23.7 Å². The first-order valence-electron chi connectivity index (χ1n) is 10.6. The van der Waals surface area contributed by atoms with Gasteiger partial charge in [-0.05, 0) is 31.6 Å². The van der Waals surface area contributed by atoms with Crippen LogP contribution in [0.5, 0.6) is 23.0 Å². The van der Waals surface area contributed by atoms with Crippen molar-refractivity contribution in [2.75, 3.05) is 35.0 Å². The molecule has 0 N–H and O–H groups in total. The maximum absolute atomic E-state index is 10.7. The quantitative estimate of drug-likeness (QED) is 0.347. The molecule has 6 nitrogen and oxygen atoms in total. The molecular formula is C23H36O6. The molecule has 0 saturated heterocycles. The van der Waals surface area contributed by atoms with E-state index in [9.17, 15) is 4.79 Å². The van der Waals surface area contributed by atoms with Crippen molar-refractivity contribution in [1.82, 2.24) is 0 Å². The van der Waals surface area contributed by atoms with Crippen molar-refractivity contribution in [2.45, 2.75) is 64.7 Å². The lowest BCUT2D eigenvalue weighted by Gasteiger charge is -2.19. The third kappa shape index (κ3) is 5.94. The van der Waals surface area contributed by atoms with Crippen LogP contribution in [0.2, 0.25) is 0 Å². The normalized spacial score (nSPS) is 13.1. The van der Waals surface area contributed by atoms with Crippen LogP contribution in [0, 0.1) is 5.92 Å². The molecule has 0 radical (unpaired) electrons. The highest BCUT2D eigenvalue weighted by Crippen LogP contribution is 2.53. The Balaban J connectivity index is 1.84. The summed E-state index contributed by atoms with van der Waals surface area (Å²) in [7, 11) is 6.62. The summed E-state index contributed by atoms with van der Waals surface area (Å²) in [6, 6.07) is 0. The molecule has 0 amide bonds. The second-order valence-electron chi connectivity index (χ2n) is 7.61. The maximum Gasteiger partial charge on any atom is 0.302 e. The van der Waals surface area contributed by atoms with E-state index in [0.29, 0.717) is 24.0 Å². The van der Waals surface area contributed by atoms with Gasteiger partial charge in [0.25, 0.3) is 0 Å². The third-order valence-corrected chi connectivity index (χ3v) is 5.65. The van der Waals surface area contributed by atoms with Crippen LogP contribution in [0.4, 0.5) is 0 Å². The molecule has 0 heterocycles. The number of benzene rings is 1. The van der Waals surface area contributed by atoms with Crippen LogP contribution in [-0.2, 0) is 22.4 Å². The lowest BCUT2D eigenvalue weighted by molar-refractivity contribution is -0.141. The van der Waals surface area contributed by atoms with Crippen molar-refractivity contribution in [3.8, 4) is 23.0 Å². The number of ether oxygens (including phenoxy) is 5. The molecule has 0 atom stereocenters. The molecule has 1 aliphatic carbocycles. The zero-order chi connectivity index (χ0) is 21.2. The zero-order valence-corrected chi connectivity index (χ0v) is 18.6. The highest BCUT2D eigenvalue weighted by Gasteiger charge is 2.33. The molecule has 2 rings (SSSR count). The van der Waals surface area contributed by atoms with E-state index < -0.39 is 0 Å². The Morgan fingerprint density at radius 2 is 1.17 bits per heavy atom. The minimum Gasteiger partial charge on any atom is -0.492 e. The topological polar surface area (TPSA) is 63.2 Å². The minimum absolute atomic E-state index is 0.189. The molecule has 6 heteroatoms. The lowest BCUT2D eigenvalue weighted by atomic mass is 9.97. The Hall–Kier alpha value is -2.11. The molecule has 0 saturated carbocycles. The van der Waals surface area contributed by atoms with E-state index in [1.165, 1.54) is 50.2 Å². The Morgan fingerprint density at radius 1 is 0.724 bits per heavy atom. The second kappa shape index (κ2) is 11.8. The molecule has 0 spiro atoms. The molecular weight excluding hydrogens is 372 g/mol. The number of fused-ring (bicyclic) bond motifs is 1. The number of hydrogen-bond acceptors (Lipinski definition) is 6. The van der Waals surface area contributed by atoms with Gasteiger partial charge in [0.2, 0.25) is 11.5 Å². The molecule has 1 aliphatic rings. The average molecular weight is 409 g/mol. The van der Waals surface area contributed by atoms with Crippen molar-refractivity contribution in [3.05, 3.63) is 11.1 Å². The summed E-state index contributed by atoms with van der Waals surface area (Å²) in [6.07, 6.45) is 10.1. The van der Waals surface area contributed by atoms with Gasteiger partial charge in [-0.15, -0.1) is 0 Å². The minimum atomic E-state index is -0.189. The molecule has 0 fully saturated rings. The highest BCUT2D eigenvalue weighted by atomic mass is 16.5. The predicted octanol–water partition coefficient (Wildman–Crippen LogP) is 4.73. The third-order valence-electron chi connectivity index (χ3n) is 5.65. The summed E-state index contributed by atoms with van der Waals surface area (Å²) < 4.78 is 27.5. The van der Waals surface area contributed by atoms with Gasteiger partial charge in [0.05, 0.1) is 35.0 Å². The van der Waals surface area contributed by atoms with Crippen LogP contribution in [0.1, 0.15) is 63.0 Å². The second-order valence-corrected chi connectivity index (χ2v) is 7.61. The predicted molar refractivity (Wildman–Crippen MR) is 113 cm³/mol. The Labute approximate surface area is 174 Å². The van der Waals surface area contributed by atoms with Crippen molar-refractivity contribution >= 4 is 5.97 Å². The zero-order valence-electron chi connectivity index (χ0n) is 18.6. The number of unbranched alkanes of at least 4 members (excludes halogenated alkanes) is 5. The number of methoxy groups -OCH3 is 4. The summed E-state index contributed by atoms with van der Waals surface area (Å²) in [4.78, 5) is 10.7. The van der Waals surface area contributed by atoms with Gasteiger partial charge in [0, 0.05) is 18.1 Å². The van der Waals surface area contributed by atoms with E-state index in [1.807, 2.05) is 0 Å². The van der Waals surface area contributed by atoms with Gasteiger partial charge in [-0.25, -0.2) is 0 Å². The summed E-state index contributed by atoms with van der Waals surface area (Å²) in [5, 5.41) is 0. The van der Waals surface area contributed by atoms with Crippen LogP contribution in [-0.4, -0.2) is 41.0 Å². The summed E-state index contributed by atoms with van der Waals surface area (Å²) in [5.74, 6) is 3.17. The SMILES string of the molecule is COc1c2c(c(OC)c(OC)c1OC)CC(CCCCCCCCOC(C)=O)C2. The van der Waals surface area contributed by atoms with Crippen molar-refractivity contribution in [1.29, 1.82) is 0 Å². The fraction of sp³-hybridized carbons (Fsp3) is 0.696. The number of esters is 1. The fourth-order valence-corrected chi connectivity index (χ4v) is 4.30. The van der Waals surface area contributed by atoms with Crippen molar-refractivity contribution in [3.63, 3.8) is 0 Å². The van der Waals surface area contributed by atoms with Gasteiger partial charge in [0.1, 0.15) is 0 Å². The molecule has 0 aliphatic heterocycles. The standard InChI is InChI=1S/C23H36O6/c1-16(24)29-13-11-9-7-6-8-10-12-17-14-18-19(15-17)21(26-3)23(28-5)22(27-4)20(18)25-2/h17H,6-15H2,1-5H3. The molecule has 0 bridgehead atoms. The van der Waals surface area contributed by atoms with E-state index in [1.54, 1.807) is 28.4 Å². The van der Waals surface area contributed by atoms with Crippen molar-refractivity contribution in [2.24, 2.45) is 5.92 Å².